The van der Waals surface area contributed by atoms with Gasteiger partial charge in [-0.25, -0.2) is 15.0 Å². The van der Waals surface area contributed by atoms with Crippen molar-refractivity contribution in [3.63, 3.8) is 0 Å². The van der Waals surface area contributed by atoms with E-state index in [0.717, 1.165) is 12.1 Å². The number of nitrogens with zero attached hydrogens (tertiary/aromatic N) is 3. The third-order valence-electron chi connectivity index (χ3n) is 2.96. The van der Waals surface area contributed by atoms with Gasteiger partial charge in [-0.1, -0.05) is 0 Å². The summed E-state index contributed by atoms with van der Waals surface area (Å²) in [5, 5.41) is 4.51. The number of anilines is 1. The zero-order valence-electron chi connectivity index (χ0n) is 11.9. The highest BCUT2D eigenvalue weighted by molar-refractivity contribution is 7.13. The Morgan fingerprint density at radius 3 is 2.38 bits per heavy atom. The number of hydrogen-bond donors (Lipinski definition) is 1. The van der Waals surface area contributed by atoms with Gasteiger partial charge in [0, 0.05) is 23.5 Å². The fourth-order valence-corrected chi connectivity index (χ4v) is 2.57. The summed E-state index contributed by atoms with van der Waals surface area (Å²) < 4.78 is 37.5. The summed E-state index contributed by atoms with van der Waals surface area (Å²) in [5.74, 6) is -0.121. The lowest BCUT2D eigenvalue weighted by molar-refractivity contribution is -0.137. The number of carbonyl (C=O) groups is 1. The van der Waals surface area contributed by atoms with Crippen LogP contribution in [0.5, 0.6) is 0 Å². The SMILES string of the molecule is O=C(Nc1ccc(C(F)(F)F)cc1)c1csc(-c2ncccn2)n1. The maximum absolute atomic E-state index is 12.5. The molecule has 1 N–H and O–H groups in total. The zero-order valence-corrected chi connectivity index (χ0v) is 12.7. The number of nitrogens with one attached hydrogen (secondary N) is 1. The lowest BCUT2D eigenvalue weighted by atomic mass is 10.2. The first-order valence-electron chi connectivity index (χ1n) is 6.65. The first-order chi connectivity index (χ1) is 11.4. The molecule has 9 heteroatoms. The predicted octanol–water partition coefficient (Wildman–Crippen LogP) is 3.87. The van der Waals surface area contributed by atoms with Crippen LogP contribution >= 0.6 is 11.3 Å². The van der Waals surface area contributed by atoms with E-state index in [1.54, 1.807) is 18.5 Å². The molecule has 0 radical (unpaired) electrons. The Kier molecular flexibility index (Phi) is 4.26. The molecule has 0 aliphatic rings. The van der Waals surface area contributed by atoms with Crippen LogP contribution in [0.25, 0.3) is 10.8 Å². The zero-order chi connectivity index (χ0) is 17.2. The van der Waals surface area contributed by atoms with Gasteiger partial charge >= 0.3 is 6.18 Å². The molecule has 2 heterocycles. The third kappa shape index (κ3) is 3.57. The fraction of sp³-hybridized carbons (Fsp3) is 0.0667. The van der Waals surface area contributed by atoms with E-state index in [-0.39, 0.29) is 11.4 Å². The van der Waals surface area contributed by atoms with Crippen molar-refractivity contribution in [2.24, 2.45) is 0 Å². The maximum atomic E-state index is 12.5. The largest absolute Gasteiger partial charge is 0.416 e. The molecule has 0 bridgehead atoms. The number of carbonyl (C=O) groups excluding carboxylic acids is 1. The van der Waals surface area contributed by atoms with Crippen LogP contribution in [-0.4, -0.2) is 20.9 Å². The Labute approximate surface area is 138 Å². The molecule has 5 nitrogen and oxygen atoms in total. The Hall–Kier alpha value is -2.81. The van der Waals surface area contributed by atoms with Crippen LogP contribution in [0.15, 0.2) is 48.1 Å². The van der Waals surface area contributed by atoms with Crippen LogP contribution in [0.4, 0.5) is 18.9 Å². The molecule has 0 saturated heterocycles. The molecule has 0 spiro atoms. The Morgan fingerprint density at radius 2 is 1.75 bits per heavy atom. The van der Waals surface area contributed by atoms with E-state index in [4.69, 9.17) is 0 Å². The minimum absolute atomic E-state index is 0.141. The lowest BCUT2D eigenvalue weighted by Gasteiger charge is -2.08. The van der Waals surface area contributed by atoms with Crippen LogP contribution in [-0.2, 0) is 6.18 Å². The highest BCUT2D eigenvalue weighted by atomic mass is 32.1. The summed E-state index contributed by atoms with van der Waals surface area (Å²) >= 11 is 1.20. The molecule has 0 aliphatic heterocycles. The topological polar surface area (TPSA) is 67.8 Å². The average Bonchev–Trinajstić information content (AvgIpc) is 3.05. The normalized spacial score (nSPS) is 11.3. The summed E-state index contributed by atoms with van der Waals surface area (Å²) in [6.45, 7) is 0. The molecule has 3 aromatic rings. The average molecular weight is 350 g/mol. The van der Waals surface area contributed by atoms with Crippen molar-refractivity contribution in [2.75, 3.05) is 5.32 Å². The van der Waals surface area contributed by atoms with Crippen molar-refractivity contribution in [3.8, 4) is 10.8 Å². The van der Waals surface area contributed by atoms with Crippen LogP contribution < -0.4 is 5.32 Å². The van der Waals surface area contributed by atoms with Crippen LogP contribution in [0.2, 0.25) is 0 Å². The number of hydrogen-bond acceptors (Lipinski definition) is 5. The first-order valence-corrected chi connectivity index (χ1v) is 7.53. The van der Waals surface area contributed by atoms with Gasteiger partial charge < -0.3 is 5.32 Å². The van der Waals surface area contributed by atoms with Crippen molar-refractivity contribution in [3.05, 3.63) is 59.4 Å². The van der Waals surface area contributed by atoms with E-state index in [1.807, 2.05) is 0 Å². The second-order valence-corrected chi connectivity index (χ2v) is 5.50. The monoisotopic (exact) mass is 350 g/mol. The van der Waals surface area contributed by atoms with Gasteiger partial charge in [0.05, 0.1) is 5.56 Å². The van der Waals surface area contributed by atoms with Gasteiger partial charge in [-0.15, -0.1) is 11.3 Å². The van der Waals surface area contributed by atoms with Crippen molar-refractivity contribution in [1.82, 2.24) is 15.0 Å². The lowest BCUT2D eigenvalue weighted by Crippen LogP contribution is -2.12. The molecule has 0 fully saturated rings. The van der Waals surface area contributed by atoms with Crippen molar-refractivity contribution in [1.29, 1.82) is 0 Å². The van der Waals surface area contributed by atoms with Crippen molar-refractivity contribution >= 4 is 22.9 Å². The predicted molar refractivity (Wildman–Crippen MR) is 82.5 cm³/mol. The van der Waals surface area contributed by atoms with Gasteiger partial charge in [0.2, 0.25) is 0 Å². The van der Waals surface area contributed by atoms with Gasteiger partial charge in [0.15, 0.2) is 10.8 Å². The summed E-state index contributed by atoms with van der Waals surface area (Å²) in [6, 6.07) is 5.84. The van der Waals surface area contributed by atoms with E-state index < -0.39 is 17.6 Å². The molecule has 0 saturated carbocycles. The van der Waals surface area contributed by atoms with E-state index in [1.165, 1.54) is 28.8 Å². The number of benzene rings is 1. The highest BCUT2D eigenvalue weighted by Crippen LogP contribution is 2.30. The number of amides is 1. The third-order valence-corrected chi connectivity index (χ3v) is 3.80. The summed E-state index contributed by atoms with van der Waals surface area (Å²) in [7, 11) is 0. The fourth-order valence-electron chi connectivity index (χ4n) is 1.83. The van der Waals surface area contributed by atoms with E-state index in [9.17, 15) is 18.0 Å². The van der Waals surface area contributed by atoms with E-state index >= 15 is 0 Å². The van der Waals surface area contributed by atoms with Crippen molar-refractivity contribution < 1.29 is 18.0 Å². The Morgan fingerprint density at radius 1 is 1.08 bits per heavy atom. The number of halogens is 3. The molecular weight excluding hydrogens is 341 g/mol. The summed E-state index contributed by atoms with van der Waals surface area (Å²) in [6.07, 6.45) is -1.29. The smallest absolute Gasteiger partial charge is 0.321 e. The molecule has 24 heavy (non-hydrogen) atoms. The minimum Gasteiger partial charge on any atom is -0.321 e. The first kappa shape index (κ1) is 16.1. The molecule has 0 unspecified atom stereocenters. The van der Waals surface area contributed by atoms with Crippen LogP contribution in [0.1, 0.15) is 16.1 Å². The molecule has 122 valence electrons. The minimum atomic E-state index is -4.41. The van der Waals surface area contributed by atoms with E-state index in [2.05, 4.69) is 20.3 Å². The van der Waals surface area contributed by atoms with Crippen LogP contribution in [0, 0.1) is 0 Å². The Balaban J connectivity index is 1.73. The number of aromatic nitrogens is 3. The summed E-state index contributed by atoms with van der Waals surface area (Å²) in [5.41, 5.74) is -0.390. The quantitative estimate of drug-likeness (QED) is 0.779. The Bertz CT molecular complexity index is 847. The van der Waals surface area contributed by atoms with Crippen molar-refractivity contribution in [2.45, 2.75) is 6.18 Å². The molecular formula is C15H9F3N4OS. The van der Waals surface area contributed by atoms with Crippen LogP contribution in [0.3, 0.4) is 0 Å². The second kappa shape index (κ2) is 6.36. The van der Waals surface area contributed by atoms with Gasteiger partial charge in [-0.05, 0) is 30.3 Å². The number of thiazole rings is 1. The molecule has 0 atom stereocenters. The molecule has 1 aromatic carbocycles. The maximum Gasteiger partial charge on any atom is 0.416 e. The highest BCUT2D eigenvalue weighted by Gasteiger charge is 2.30. The molecule has 1 amide bonds. The van der Waals surface area contributed by atoms with Gasteiger partial charge in [-0.2, -0.15) is 13.2 Å². The molecule has 2 aromatic heterocycles. The molecule has 3 rings (SSSR count). The van der Waals surface area contributed by atoms with E-state index in [0.29, 0.717) is 10.8 Å². The number of alkyl halides is 3. The summed E-state index contributed by atoms with van der Waals surface area (Å²) in [4.78, 5) is 24.3. The number of rotatable bonds is 3. The molecule has 0 aliphatic carbocycles. The van der Waals surface area contributed by atoms with Gasteiger partial charge in [0.1, 0.15) is 5.69 Å². The van der Waals surface area contributed by atoms with Gasteiger partial charge in [0.25, 0.3) is 5.91 Å². The second-order valence-electron chi connectivity index (χ2n) is 4.64. The van der Waals surface area contributed by atoms with Gasteiger partial charge in [-0.3, -0.25) is 4.79 Å². The standard InChI is InChI=1S/C15H9F3N4OS/c16-15(17,18)9-2-4-10(5-3-9)21-13(23)11-8-24-14(22-11)12-19-6-1-7-20-12/h1-8H,(H,21,23).